The van der Waals surface area contributed by atoms with Gasteiger partial charge in [-0.2, -0.15) is 0 Å². The van der Waals surface area contributed by atoms with Gasteiger partial charge in [0, 0.05) is 30.0 Å². The number of hydrogen-bond donors (Lipinski definition) is 1. The summed E-state index contributed by atoms with van der Waals surface area (Å²) in [4.78, 5) is 4.52. The molecule has 1 aliphatic rings. The van der Waals surface area contributed by atoms with Crippen molar-refractivity contribution < 1.29 is 0 Å². The Morgan fingerprint density at radius 3 is 2.78 bits per heavy atom. The van der Waals surface area contributed by atoms with Crippen molar-refractivity contribution in [2.24, 2.45) is 0 Å². The first-order valence-electron chi connectivity index (χ1n) is 6.64. The Hall–Kier alpha value is -1.61. The highest BCUT2D eigenvalue weighted by Crippen LogP contribution is 2.33. The Bertz CT molecular complexity index is 503. The molecule has 2 unspecified atom stereocenters. The molecule has 1 aliphatic carbocycles. The van der Waals surface area contributed by atoms with Crippen LogP contribution in [-0.2, 0) is 0 Å². The summed E-state index contributed by atoms with van der Waals surface area (Å²) >= 11 is 0. The van der Waals surface area contributed by atoms with E-state index in [2.05, 4.69) is 52.4 Å². The number of nitrogens with zero attached hydrogens (tertiary/aromatic N) is 2. The van der Waals surface area contributed by atoms with Crippen LogP contribution in [0.15, 0.2) is 42.7 Å². The molecule has 1 fully saturated rings. The fourth-order valence-corrected chi connectivity index (χ4v) is 2.89. The molecule has 1 aromatic heterocycles. The van der Waals surface area contributed by atoms with E-state index in [1.54, 1.807) is 0 Å². The summed E-state index contributed by atoms with van der Waals surface area (Å²) in [5.74, 6) is 1.09. The van der Waals surface area contributed by atoms with Crippen LogP contribution in [0.25, 0.3) is 11.4 Å². The first-order valence-corrected chi connectivity index (χ1v) is 6.64. The van der Waals surface area contributed by atoms with Crippen molar-refractivity contribution in [3.05, 3.63) is 42.7 Å². The minimum atomic E-state index is 0.583. The molecule has 0 spiro atoms. The third-order valence-electron chi connectivity index (χ3n) is 3.91. The minimum Gasteiger partial charge on any atom is -0.328 e. The second kappa shape index (κ2) is 4.94. The summed E-state index contributed by atoms with van der Waals surface area (Å²) in [5, 5.41) is 3.38. The van der Waals surface area contributed by atoms with E-state index >= 15 is 0 Å². The van der Waals surface area contributed by atoms with Crippen LogP contribution in [0, 0.1) is 0 Å². The van der Waals surface area contributed by atoms with Crippen LogP contribution in [0.1, 0.15) is 25.3 Å². The van der Waals surface area contributed by atoms with Gasteiger partial charge < -0.3 is 9.88 Å². The highest BCUT2D eigenvalue weighted by molar-refractivity contribution is 5.55. The van der Waals surface area contributed by atoms with Gasteiger partial charge in [0.2, 0.25) is 0 Å². The molecular formula is C15H19N3. The van der Waals surface area contributed by atoms with Crippen LogP contribution in [-0.4, -0.2) is 22.6 Å². The number of hydrogen-bond acceptors (Lipinski definition) is 2. The summed E-state index contributed by atoms with van der Waals surface area (Å²) in [5.41, 5.74) is 1.20. The van der Waals surface area contributed by atoms with Crippen LogP contribution in [0.2, 0.25) is 0 Å². The Morgan fingerprint density at radius 2 is 2.06 bits per heavy atom. The van der Waals surface area contributed by atoms with Gasteiger partial charge >= 0.3 is 0 Å². The molecule has 0 amide bonds. The fourth-order valence-electron chi connectivity index (χ4n) is 2.89. The normalized spacial score (nSPS) is 23.4. The van der Waals surface area contributed by atoms with Crippen LogP contribution < -0.4 is 5.32 Å². The lowest BCUT2D eigenvalue weighted by molar-refractivity contribution is 0.496. The van der Waals surface area contributed by atoms with Crippen LogP contribution in [0.3, 0.4) is 0 Å². The lowest BCUT2D eigenvalue weighted by atomic mass is 10.2. The maximum atomic E-state index is 4.52. The topological polar surface area (TPSA) is 29.9 Å². The molecule has 1 saturated carbocycles. The highest BCUT2D eigenvalue weighted by Gasteiger charge is 2.26. The van der Waals surface area contributed by atoms with Gasteiger partial charge in [0.25, 0.3) is 0 Å². The van der Waals surface area contributed by atoms with E-state index in [0.29, 0.717) is 12.1 Å². The smallest absolute Gasteiger partial charge is 0.140 e. The minimum absolute atomic E-state index is 0.583. The average molecular weight is 241 g/mol. The Morgan fingerprint density at radius 1 is 1.22 bits per heavy atom. The molecule has 0 bridgehead atoms. The molecule has 3 nitrogen and oxygen atoms in total. The molecule has 0 aliphatic heterocycles. The second-order valence-electron chi connectivity index (χ2n) is 4.98. The molecule has 2 aromatic rings. The van der Waals surface area contributed by atoms with Crippen molar-refractivity contribution in [3.8, 4) is 11.4 Å². The van der Waals surface area contributed by atoms with Gasteiger partial charge in [-0.1, -0.05) is 30.3 Å². The van der Waals surface area contributed by atoms with Crippen molar-refractivity contribution in [2.45, 2.75) is 31.3 Å². The zero-order chi connectivity index (χ0) is 12.4. The summed E-state index contributed by atoms with van der Waals surface area (Å²) in [6, 6.07) is 11.7. The first-order chi connectivity index (χ1) is 8.88. The predicted octanol–water partition coefficient (Wildman–Crippen LogP) is 2.86. The van der Waals surface area contributed by atoms with E-state index in [0.717, 1.165) is 5.82 Å². The zero-order valence-electron chi connectivity index (χ0n) is 10.7. The van der Waals surface area contributed by atoms with Gasteiger partial charge in [0.05, 0.1) is 0 Å². The van der Waals surface area contributed by atoms with Gasteiger partial charge in [0.1, 0.15) is 5.82 Å². The summed E-state index contributed by atoms with van der Waals surface area (Å²) in [7, 11) is 2.05. The number of aromatic nitrogens is 2. The summed E-state index contributed by atoms with van der Waals surface area (Å²) < 4.78 is 2.34. The number of benzene rings is 1. The maximum Gasteiger partial charge on any atom is 0.140 e. The first kappa shape index (κ1) is 11.5. The van der Waals surface area contributed by atoms with Gasteiger partial charge in [-0.15, -0.1) is 0 Å². The molecule has 2 atom stereocenters. The average Bonchev–Trinajstić information content (AvgIpc) is 3.08. The van der Waals surface area contributed by atoms with E-state index in [1.807, 2.05) is 12.3 Å². The largest absolute Gasteiger partial charge is 0.328 e. The van der Waals surface area contributed by atoms with E-state index in [9.17, 15) is 0 Å². The van der Waals surface area contributed by atoms with Crippen molar-refractivity contribution in [1.29, 1.82) is 0 Å². The van der Waals surface area contributed by atoms with E-state index in [1.165, 1.54) is 24.8 Å². The van der Waals surface area contributed by atoms with Gasteiger partial charge in [-0.25, -0.2) is 4.98 Å². The van der Waals surface area contributed by atoms with Gasteiger partial charge in [-0.05, 0) is 26.3 Å². The Kier molecular flexibility index (Phi) is 3.15. The van der Waals surface area contributed by atoms with Crippen molar-refractivity contribution in [2.75, 3.05) is 7.05 Å². The SMILES string of the molecule is CNC1CCC(n2ccnc2-c2ccccc2)C1. The second-order valence-corrected chi connectivity index (χ2v) is 4.98. The predicted molar refractivity (Wildman–Crippen MR) is 73.4 cm³/mol. The third-order valence-corrected chi connectivity index (χ3v) is 3.91. The third kappa shape index (κ3) is 2.06. The lowest BCUT2D eigenvalue weighted by Gasteiger charge is -2.16. The maximum absolute atomic E-state index is 4.52. The standard InChI is InChI=1S/C15H19N3/c1-16-13-7-8-14(11-13)18-10-9-17-15(18)12-5-3-2-4-6-12/h2-6,9-10,13-14,16H,7-8,11H2,1H3. The molecular weight excluding hydrogens is 222 g/mol. The van der Waals surface area contributed by atoms with Crippen molar-refractivity contribution in [1.82, 2.24) is 14.9 Å². The van der Waals surface area contributed by atoms with Crippen LogP contribution in [0.5, 0.6) is 0 Å². The zero-order valence-corrected chi connectivity index (χ0v) is 10.7. The molecule has 3 heteroatoms. The molecule has 94 valence electrons. The quantitative estimate of drug-likeness (QED) is 0.895. The lowest BCUT2D eigenvalue weighted by Crippen LogP contribution is -2.21. The summed E-state index contributed by atoms with van der Waals surface area (Å²) in [6.07, 6.45) is 7.72. The summed E-state index contributed by atoms with van der Waals surface area (Å²) in [6.45, 7) is 0. The van der Waals surface area contributed by atoms with Crippen LogP contribution >= 0.6 is 0 Å². The van der Waals surface area contributed by atoms with Crippen LogP contribution in [0.4, 0.5) is 0 Å². The molecule has 1 N–H and O–H groups in total. The highest BCUT2D eigenvalue weighted by atomic mass is 15.1. The Balaban J connectivity index is 1.89. The van der Waals surface area contributed by atoms with E-state index in [-0.39, 0.29) is 0 Å². The van der Waals surface area contributed by atoms with Gasteiger partial charge in [0.15, 0.2) is 0 Å². The van der Waals surface area contributed by atoms with Crippen molar-refractivity contribution in [3.63, 3.8) is 0 Å². The number of imidazole rings is 1. The molecule has 1 heterocycles. The molecule has 1 aromatic carbocycles. The number of nitrogens with one attached hydrogen (secondary N) is 1. The molecule has 18 heavy (non-hydrogen) atoms. The van der Waals surface area contributed by atoms with Gasteiger partial charge in [-0.3, -0.25) is 0 Å². The Labute approximate surface area is 108 Å². The fraction of sp³-hybridized carbons (Fsp3) is 0.400. The molecule has 0 saturated heterocycles. The van der Waals surface area contributed by atoms with E-state index in [4.69, 9.17) is 0 Å². The molecule has 3 rings (SSSR count). The molecule has 0 radical (unpaired) electrons. The number of rotatable bonds is 3. The monoisotopic (exact) mass is 241 g/mol. The van der Waals surface area contributed by atoms with E-state index < -0.39 is 0 Å². The van der Waals surface area contributed by atoms with Crippen molar-refractivity contribution >= 4 is 0 Å².